The molecule has 0 saturated heterocycles. The molecule has 1 aromatic heterocycles. The van der Waals surface area contributed by atoms with Crippen molar-refractivity contribution in [2.75, 3.05) is 0 Å². The molecule has 0 unspecified atom stereocenters. The van der Waals surface area contributed by atoms with Crippen LogP contribution in [0.25, 0.3) is 21.7 Å². The average molecular weight is 141 g/mol. The molecule has 2 bridgehead atoms. The lowest BCUT2D eigenvalue weighted by Gasteiger charge is -1.99. The Kier molecular flexibility index (Phi) is 0.737. The smallest absolute Gasteiger partial charge is 0.0533 e. The quantitative estimate of drug-likeness (QED) is 0.495. The van der Waals surface area contributed by atoms with Gasteiger partial charge >= 0.3 is 0 Å². The fourth-order valence-electron chi connectivity index (χ4n) is 1.67. The van der Waals surface area contributed by atoms with Crippen LogP contribution in [0.1, 0.15) is 0 Å². The first kappa shape index (κ1) is 5.19. The van der Waals surface area contributed by atoms with E-state index in [4.69, 9.17) is 0 Å². The van der Waals surface area contributed by atoms with Gasteiger partial charge in [0.25, 0.3) is 0 Å². The summed E-state index contributed by atoms with van der Waals surface area (Å²) in [4.78, 5) is 3.23. The Morgan fingerprint density at radius 3 is 2.27 bits per heavy atom. The summed E-state index contributed by atoms with van der Waals surface area (Å²) in [7, 11) is 0. The Morgan fingerprint density at radius 1 is 0.818 bits per heavy atom. The molecule has 0 atom stereocenters. The van der Waals surface area contributed by atoms with Crippen molar-refractivity contribution in [2.45, 2.75) is 0 Å². The van der Waals surface area contributed by atoms with Gasteiger partial charge in [-0.05, 0) is 16.8 Å². The molecule has 0 saturated carbocycles. The van der Waals surface area contributed by atoms with E-state index >= 15 is 0 Å². The fourth-order valence-corrected chi connectivity index (χ4v) is 1.67. The third kappa shape index (κ3) is 0.511. The molecule has 3 aromatic carbocycles. The Hall–Kier alpha value is -1.50. The van der Waals surface area contributed by atoms with Crippen molar-refractivity contribution < 1.29 is 0 Å². The van der Waals surface area contributed by atoms with Crippen LogP contribution >= 0.6 is 0 Å². The molecule has 4 aromatic rings. The van der Waals surface area contributed by atoms with Crippen LogP contribution in [-0.4, -0.2) is 4.98 Å². The van der Waals surface area contributed by atoms with Gasteiger partial charge in [-0.15, -0.1) is 0 Å². The highest BCUT2D eigenvalue weighted by Gasteiger charge is 2.01. The molecule has 0 aliphatic heterocycles. The predicted molar refractivity (Wildman–Crippen MR) is 47.0 cm³/mol. The van der Waals surface area contributed by atoms with Gasteiger partial charge in [0.1, 0.15) is 0 Å². The summed E-state index contributed by atoms with van der Waals surface area (Å²) in [6, 6.07) is 10.7. The number of H-pyrrole nitrogens is 1. The maximum Gasteiger partial charge on any atom is 0.0533 e. The zero-order chi connectivity index (χ0) is 7.26. The van der Waals surface area contributed by atoms with E-state index in [9.17, 15) is 0 Å². The second kappa shape index (κ2) is 1.56. The van der Waals surface area contributed by atoms with Crippen molar-refractivity contribution in [1.29, 1.82) is 0 Å². The van der Waals surface area contributed by atoms with E-state index in [1.165, 1.54) is 21.7 Å². The summed E-state index contributed by atoms with van der Waals surface area (Å²) >= 11 is 0. The number of aromatic nitrogens is 1. The van der Waals surface area contributed by atoms with E-state index in [0.29, 0.717) is 0 Å². The van der Waals surface area contributed by atoms with Gasteiger partial charge in [0, 0.05) is 11.6 Å². The van der Waals surface area contributed by atoms with E-state index in [2.05, 4.69) is 35.3 Å². The van der Waals surface area contributed by atoms with Gasteiger partial charge in [-0.2, -0.15) is 0 Å². The monoisotopic (exact) mass is 141 g/mol. The van der Waals surface area contributed by atoms with E-state index < -0.39 is 0 Å². The van der Waals surface area contributed by atoms with Gasteiger partial charge in [0.15, 0.2) is 0 Å². The molecule has 0 aliphatic rings. The van der Waals surface area contributed by atoms with Gasteiger partial charge in [-0.1, -0.05) is 24.3 Å². The van der Waals surface area contributed by atoms with Crippen molar-refractivity contribution in [3.05, 3.63) is 36.5 Å². The number of nitrogens with one attached hydrogen (secondary N) is 1. The highest BCUT2D eigenvalue weighted by atomic mass is 14.7. The first-order valence-electron chi connectivity index (χ1n) is 3.73. The minimum absolute atomic E-state index is 1.27. The van der Waals surface area contributed by atoms with Gasteiger partial charge in [-0.25, -0.2) is 0 Å². The predicted octanol–water partition coefficient (Wildman–Crippen LogP) is 2.76. The first-order chi connectivity index (χ1) is 5.45. The molecule has 0 amide bonds. The second-order valence-electron chi connectivity index (χ2n) is 2.84. The summed E-state index contributed by atoms with van der Waals surface area (Å²) < 4.78 is 0. The number of fused-ring (bicyclic) bond motifs is 2. The lowest BCUT2D eigenvalue weighted by atomic mass is 10.1. The second-order valence-corrected chi connectivity index (χ2v) is 2.84. The molecule has 11 heavy (non-hydrogen) atoms. The van der Waals surface area contributed by atoms with Crippen LogP contribution in [0.2, 0.25) is 0 Å². The van der Waals surface area contributed by atoms with Crippen LogP contribution in [-0.2, 0) is 0 Å². The third-order valence-electron chi connectivity index (χ3n) is 2.23. The van der Waals surface area contributed by atoms with E-state index in [1.807, 2.05) is 6.20 Å². The Labute approximate surface area is 64.0 Å². The van der Waals surface area contributed by atoms with Crippen molar-refractivity contribution in [2.24, 2.45) is 0 Å². The topological polar surface area (TPSA) is 15.8 Å². The van der Waals surface area contributed by atoms with Gasteiger partial charge in [-0.3, -0.25) is 0 Å². The zero-order valence-corrected chi connectivity index (χ0v) is 5.96. The molecule has 1 nitrogen and oxygen atoms in total. The normalized spacial score (nSPS) is 11.6. The molecular weight excluding hydrogens is 134 g/mol. The molecule has 1 heterocycles. The van der Waals surface area contributed by atoms with Crippen LogP contribution < -0.4 is 0 Å². The molecule has 1 N–H and O–H groups in total. The Bertz CT molecular complexity index is 428. The van der Waals surface area contributed by atoms with Gasteiger partial charge in [0.2, 0.25) is 0 Å². The summed E-state index contributed by atoms with van der Waals surface area (Å²) in [6.45, 7) is 0. The summed E-state index contributed by atoms with van der Waals surface area (Å²) in [5.74, 6) is 0. The van der Waals surface area contributed by atoms with E-state index in [-0.39, 0.29) is 0 Å². The molecule has 0 spiro atoms. The molecule has 0 aliphatic carbocycles. The maximum absolute atomic E-state index is 3.23. The maximum atomic E-state index is 3.23. The van der Waals surface area contributed by atoms with Crippen molar-refractivity contribution in [3.8, 4) is 0 Å². The molecule has 1 heteroatoms. The van der Waals surface area contributed by atoms with Crippen molar-refractivity contribution in [1.82, 2.24) is 4.98 Å². The Morgan fingerprint density at radius 2 is 1.55 bits per heavy atom. The van der Waals surface area contributed by atoms with Gasteiger partial charge < -0.3 is 4.98 Å². The van der Waals surface area contributed by atoms with Crippen molar-refractivity contribution >= 4 is 21.7 Å². The number of rotatable bonds is 0. The largest absolute Gasteiger partial charge is 0.361 e. The number of aromatic amines is 1. The number of hydrogen-bond donors (Lipinski definition) is 1. The first-order valence-corrected chi connectivity index (χ1v) is 3.73. The number of hydrogen-bond acceptors (Lipinski definition) is 0. The Balaban J connectivity index is 2.83. The van der Waals surface area contributed by atoms with Gasteiger partial charge in [0.05, 0.1) is 5.52 Å². The molecule has 0 fully saturated rings. The lowest BCUT2D eigenvalue weighted by Crippen LogP contribution is -1.75. The summed E-state index contributed by atoms with van der Waals surface area (Å²) in [5, 5.41) is 3.95. The molecule has 0 radical (unpaired) electrons. The molecular formula is C10H7N. The standard InChI is InChI=1S/C10H7N/c1-3-8-4-2-7(1)9-5-6-11-10(8)9/h1-6,11H. The fraction of sp³-hybridized carbons (Fsp3) is 0. The number of benzene rings is 3. The van der Waals surface area contributed by atoms with Crippen LogP contribution in [0.3, 0.4) is 0 Å². The summed E-state index contributed by atoms with van der Waals surface area (Å²) in [5.41, 5.74) is 1.27. The molecule has 52 valence electrons. The van der Waals surface area contributed by atoms with Crippen LogP contribution in [0.15, 0.2) is 36.5 Å². The minimum Gasteiger partial charge on any atom is -0.361 e. The minimum atomic E-state index is 1.27. The highest BCUT2D eigenvalue weighted by Crippen LogP contribution is 2.25. The summed E-state index contributed by atoms with van der Waals surface area (Å²) in [6.07, 6.45) is 1.99. The average Bonchev–Trinajstić information content (AvgIpc) is 2.55. The zero-order valence-electron chi connectivity index (χ0n) is 5.96. The third-order valence-corrected chi connectivity index (χ3v) is 2.23. The highest BCUT2D eigenvalue weighted by molar-refractivity contribution is 6.07. The molecule has 4 rings (SSSR count). The van der Waals surface area contributed by atoms with Crippen LogP contribution in [0.4, 0.5) is 0 Å². The van der Waals surface area contributed by atoms with Crippen molar-refractivity contribution in [3.63, 3.8) is 0 Å². The van der Waals surface area contributed by atoms with E-state index in [1.54, 1.807) is 0 Å². The van der Waals surface area contributed by atoms with Crippen LogP contribution in [0.5, 0.6) is 0 Å². The van der Waals surface area contributed by atoms with E-state index in [0.717, 1.165) is 0 Å². The SMILES string of the molecule is c1cc2c3ccc(cc3)c2[nH]1. The lowest BCUT2D eigenvalue weighted by molar-refractivity contribution is 1.49. The van der Waals surface area contributed by atoms with Crippen LogP contribution in [0, 0.1) is 0 Å².